The summed E-state index contributed by atoms with van der Waals surface area (Å²) in [6, 6.07) is 8.24. The van der Waals surface area contributed by atoms with E-state index in [0.29, 0.717) is 13.1 Å². The number of alkyl halides is 1. The zero-order chi connectivity index (χ0) is 13.4. The molecule has 1 aliphatic heterocycles. The lowest BCUT2D eigenvalue weighted by Gasteiger charge is -2.40. The van der Waals surface area contributed by atoms with E-state index in [1.807, 2.05) is 24.0 Å². The molecule has 1 heterocycles. The molecule has 3 rings (SSSR count). The third kappa shape index (κ3) is 2.43. The molecular formula is C15H18BrNO2. The molecule has 19 heavy (non-hydrogen) atoms. The summed E-state index contributed by atoms with van der Waals surface area (Å²) in [4.78, 5) is 14.6. The third-order valence-electron chi connectivity index (χ3n) is 3.96. The average Bonchev–Trinajstić information content (AvgIpc) is 2.39. The number of carbonyl (C=O) groups is 1. The summed E-state index contributed by atoms with van der Waals surface area (Å²) >= 11 is 3.45. The second-order valence-corrected chi connectivity index (χ2v) is 6.07. The highest BCUT2D eigenvalue weighted by molar-refractivity contribution is 9.09. The first-order valence-corrected chi connectivity index (χ1v) is 7.89. The molecule has 0 spiro atoms. The Kier molecular flexibility index (Phi) is 3.63. The molecule has 3 atom stereocenters. The van der Waals surface area contributed by atoms with Crippen molar-refractivity contribution >= 4 is 21.8 Å². The molecule has 1 aliphatic carbocycles. The van der Waals surface area contributed by atoms with Gasteiger partial charge in [0.1, 0.15) is 0 Å². The van der Waals surface area contributed by atoms with Gasteiger partial charge in [-0.1, -0.05) is 40.2 Å². The lowest BCUT2D eigenvalue weighted by molar-refractivity contribution is -0.145. The maximum absolute atomic E-state index is 12.6. The van der Waals surface area contributed by atoms with Gasteiger partial charge in [-0.15, -0.1) is 0 Å². The fourth-order valence-electron chi connectivity index (χ4n) is 3.01. The second-order valence-electron chi connectivity index (χ2n) is 5.42. The lowest BCUT2D eigenvalue weighted by Crippen LogP contribution is -2.52. The smallest absolute Gasteiger partial charge is 0.230 e. The predicted octanol–water partition coefficient (Wildman–Crippen LogP) is 2.34. The fourth-order valence-corrected chi connectivity index (χ4v) is 3.37. The van der Waals surface area contributed by atoms with Crippen molar-refractivity contribution < 1.29 is 9.53 Å². The number of amides is 1. The predicted molar refractivity (Wildman–Crippen MR) is 77.6 cm³/mol. The van der Waals surface area contributed by atoms with Gasteiger partial charge in [0.25, 0.3) is 0 Å². The first-order chi connectivity index (χ1) is 9.19. The van der Waals surface area contributed by atoms with Gasteiger partial charge in [0, 0.05) is 18.4 Å². The Morgan fingerprint density at radius 2 is 2.21 bits per heavy atom. The van der Waals surface area contributed by atoms with Gasteiger partial charge < -0.3 is 9.64 Å². The lowest BCUT2D eigenvalue weighted by atomic mass is 9.76. The van der Waals surface area contributed by atoms with Crippen LogP contribution < -0.4 is 0 Å². The van der Waals surface area contributed by atoms with Gasteiger partial charge in [-0.05, 0) is 24.5 Å². The SMILES string of the molecule is CC1CN(C(=O)C2Cc3ccccc32)CC(CBr)O1. The third-order valence-corrected chi connectivity index (χ3v) is 4.68. The Labute approximate surface area is 122 Å². The van der Waals surface area contributed by atoms with Gasteiger partial charge in [-0.3, -0.25) is 4.79 Å². The number of fused-ring (bicyclic) bond motifs is 1. The van der Waals surface area contributed by atoms with E-state index < -0.39 is 0 Å². The zero-order valence-electron chi connectivity index (χ0n) is 11.0. The van der Waals surface area contributed by atoms with Crippen molar-refractivity contribution in [1.82, 2.24) is 4.90 Å². The van der Waals surface area contributed by atoms with E-state index in [9.17, 15) is 4.79 Å². The van der Waals surface area contributed by atoms with Crippen LogP contribution in [0.3, 0.4) is 0 Å². The molecule has 3 nitrogen and oxygen atoms in total. The largest absolute Gasteiger partial charge is 0.371 e. The number of benzene rings is 1. The Hall–Kier alpha value is -0.870. The van der Waals surface area contributed by atoms with Crippen molar-refractivity contribution in [2.24, 2.45) is 0 Å². The highest BCUT2D eigenvalue weighted by atomic mass is 79.9. The minimum Gasteiger partial charge on any atom is -0.371 e. The van der Waals surface area contributed by atoms with Crippen LogP contribution in [0.25, 0.3) is 0 Å². The highest BCUT2D eigenvalue weighted by Gasteiger charge is 2.37. The first kappa shape index (κ1) is 13.1. The first-order valence-electron chi connectivity index (χ1n) is 6.77. The van der Waals surface area contributed by atoms with Crippen LogP contribution in [0.5, 0.6) is 0 Å². The van der Waals surface area contributed by atoms with Crippen molar-refractivity contribution in [3.05, 3.63) is 35.4 Å². The van der Waals surface area contributed by atoms with Gasteiger partial charge >= 0.3 is 0 Å². The number of morpholine rings is 1. The summed E-state index contributed by atoms with van der Waals surface area (Å²) in [6.07, 6.45) is 1.12. The quantitative estimate of drug-likeness (QED) is 0.782. The Morgan fingerprint density at radius 1 is 1.42 bits per heavy atom. The zero-order valence-corrected chi connectivity index (χ0v) is 12.6. The molecule has 1 fully saturated rings. The molecule has 3 unspecified atom stereocenters. The summed E-state index contributed by atoms with van der Waals surface area (Å²) < 4.78 is 5.78. The fraction of sp³-hybridized carbons (Fsp3) is 0.533. The number of hydrogen-bond donors (Lipinski definition) is 0. The molecule has 1 saturated heterocycles. The summed E-state index contributed by atoms with van der Waals surface area (Å²) in [7, 11) is 0. The molecule has 2 aliphatic rings. The molecule has 1 aromatic carbocycles. The standard InChI is InChI=1S/C15H18BrNO2/c1-10-8-17(9-12(7-16)19-10)15(18)14-6-11-4-2-3-5-13(11)14/h2-5,10,12,14H,6-9H2,1H3. The maximum Gasteiger partial charge on any atom is 0.230 e. The molecule has 0 saturated carbocycles. The molecule has 4 heteroatoms. The molecule has 0 radical (unpaired) electrons. The summed E-state index contributed by atoms with van der Waals surface area (Å²) in [5, 5.41) is 0.780. The van der Waals surface area contributed by atoms with E-state index in [1.54, 1.807) is 0 Å². The van der Waals surface area contributed by atoms with Crippen LogP contribution in [0, 0.1) is 0 Å². The van der Waals surface area contributed by atoms with Crippen LogP contribution in [0.15, 0.2) is 24.3 Å². The van der Waals surface area contributed by atoms with Gasteiger partial charge in [0.2, 0.25) is 5.91 Å². The van der Waals surface area contributed by atoms with E-state index >= 15 is 0 Å². The normalized spacial score (nSPS) is 29.6. The van der Waals surface area contributed by atoms with E-state index in [-0.39, 0.29) is 24.0 Å². The molecule has 0 aromatic heterocycles. The van der Waals surface area contributed by atoms with Crippen LogP contribution in [0.4, 0.5) is 0 Å². The van der Waals surface area contributed by atoms with E-state index in [0.717, 1.165) is 11.8 Å². The van der Waals surface area contributed by atoms with Crippen LogP contribution in [-0.2, 0) is 16.0 Å². The number of carbonyl (C=O) groups excluding carboxylic acids is 1. The molecule has 1 aromatic rings. The molecule has 102 valence electrons. The summed E-state index contributed by atoms with van der Waals surface area (Å²) in [5.74, 6) is 0.331. The van der Waals surface area contributed by atoms with Crippen LogP contribution >= 0.6 is 15.9 Å². The topological polar surface area (TPSA) is 29.5 Å². The number of hydrogen-bond acceptors (Lipinski definition) is 2. The Balaban J connectivity index is 1.72. The molecule has 0 N–H and O–H groups in total. The van der Waals surface area contributed by atoms with Crippen molar-refractivity contribution in [1.29, 1.82) is 0 Å². The maximum atomic E-state index is 12.6. The van der Waals surface area contributed by atoms with E-state index in [2.05, 4.69) is 28.1 Å². The number of ether oxygens (including phenoxy) is 1. The van der Waals surface area contributed by atoms with Crippen molar-refractivity contribution in [2.45, 2.75) is 31.5 Å². The van der Waals surface area contributed by atoms with Crippen molar-refractivity contribution in [2.75, 3.05) is 18.4 Å². The second kappa shape index (κ2) is 5.25. The Morgan fingerprint density at radius 3 is 2.95 bits per heavy atom. The number of halogens is 1. The molecule has 1 amide bonds. The minimum atomic E-state index is 0.0671. The molecule has 0 bridgehead atoms. The monoisotopic (exact) mass is 323 g/mol. The highest BCUT2D eigenvalue weighted by Crippen LogP contribution is 2.36. The van der Waals surface area contributed by atoms with Crippen molar-refractivity contribution in [3.63, 3.8) is 0 Å². The Bertz CT molecular complexity index is 491. The van der Waals surface area contributed by atoms with E-state index in [4.69, 9.17) is 4.74 Å². The van der Waals surface area contributed by atoms with Gasteiger partial charge in [-0.25, -0.2) is 0 Å². The van der Waals surface area contributed by atoms with Gasteiger partial charge in [-0.2, -0.15) is 0 Å². The number of rotatable bonds is 2. The summed E-state index contributed by atoms with van der Waals surface area (Å²) in [5.41, 5.74) is 2.53. The van der Waals surface area contributed by atoms with Crippen LogP contribution in [-0.4, -0.2) is 41.4 Å². The summed E-state index contributed by atoms with van der Waals surface area (Å²) in [6.45, 7) is 3.44. The average molecular weight is 324 g/mol. The van der Waals surface area contributed by atoms with Gasteiger partial charge in [0.05, 0.1) is 18.1 Å². The van der Waals surface area contributed by atoms with Crippen molar-refractivity contribution in [3.8, 4) is 0 Å². The minimum absolute atomic E-state index is 0.0671. The number of nitrogens with zero attached hydrogens (tertiary/aromatic N) is 1. The van der Waals surface area contributed by atoms with E-state index in [1.165, 1.54) is 11.1 Å². The molecular weight excluding hydrogens is 306 g/mol. The van der Waals surface area contributed by atoms with Crippen LogP contribution in [0.2, 0.25) is 0 Å². The van der Waals surface area contributed by atoms with Gasteiger partial charge in [0.15, 0.2) is 0 Å². The van der Waals surface area contributed by atoms with Crippen LogP contribution in [0.1, 0.15) is 24.0 Å².